The van der Waals surface area contributed by atoms with Crippen molar-refractivity contribution >= 4 is 0 Å². The molecule has 1 aliphatic rings. The maximum atomic E-state index is 5.19. The van der Waals surface area contributed by atoms with E-state index in [0.717, 1.165) is 13.0 Å². The van der Waals surface area contributed by atoms with Gasteiger partial charge in [0.1, 0.15) is 0 Å². The molecule has 1 aromatic rings. The highest BCUT2D eigenvalue weighted by Crippen LogP contribution is 2.19. The minimum Gasteiger partial charge on any atom is -0.373 e. The van der Waals surface area contributed by atoms with Crippen molar-refractivity contribution in [3.63, 3.8) is 0 Å². The third-order valence-corrected chi connectivity index (χ3v) is 2.64. The van der Waals surface area contributed by atoms with Crippen molar-refractivity contribution in [3.05, 3.63) is 34.9 Å². The van der Waals surface area contributed by atoms with E-state index in [1.54, 1.807) is 0 Å². The van der Waals surface area contributed by atoms with Gasteiger partial charge in [0.15, 0.2) is 0 Å². The molecule has 0 N–H and O–H groups in total. The lowest BCUT2D eigenvalue weighted by atomic mass is 10.0. The smallest absolute Gasteiger partial charge is 0.0813 e. The largest absolute Gasteiger partial charge is 0.373 e. The van der Waals surface area contributed by atoms with Crippen LogP contribution < -0.4 is 0 Å². The van der Waals surface area contributed by atoms with Crippen LogP contribution in [-0.4, -0.2) is 12.7 Å². The molecular weight excluding hydrogens is 160 g/mol. The van der Waals surface area contributed by atoms with Gasteiger partial charge in [0, 0.05) is 0 Å². The Morgan fingerprint density at radius 1 is 1.38 bits per heavy atom. The fraction of sp³-hybridized carbons (Fsp3) is 0.500. The van der Waals surface area contributed by atoms with Gasteiger partial charge in [-0.05, 0) is 37.8 Å². The molecule has 0 radical (unpaired) electrons. The van der Waals surface area contributed by atoms with Gasteiger partial charge in [-0.2, -0.15) is 0 Å². The second-order valence-electron chi connectivity index (χ2n) is 3.92. The molecule has 1 saturated heterocycles. The molecule has 0 aromatic heterocycles. The number of benzene rings is 1. The van der Waals surface area contributed by atoms with Gasteiger partial charge in [-0.3, -0.25) is 0 Å². The molecule has 0 bridgehead atoms. The van der Waals surface area contributed by atoms with Crippen LogP contribution in [0.2, 0.25) is 0 Å². The summed E-state index contributed by atoms with van der Waals surface area (Å²) < 4.78 is 5.19. The zero-order chi connectivity index (χ0) is 9.26. The lowest BCUT2D eigenvalue weighted by Crippen LogP contribution is -1.94. The van der Waals surface area contributed by atoms with Crippen molar-refractivity contribution in [2.45, 2.75) is 32.8 Å². The van der Waals surface area contributed by atoms with Gasteiger partial charge in [-0.1, -0.05) is 23.8 Å². The Hall–Kier alpha value is -0.820. The van der Waals surface area contributed by atoms with Gasteiger partial charge in [-0.25, -0.2) is 0 Å². The Kier molecular flexibility index (Phi) is 2.36. The molecule has 1 unspecified atom stereocenters. The van der Waals surface area contributed by atoms with E-state index in [0.29, 0.717) is 6.10 Å². The van der Waals surface area contributed by atoms with Gasteiger partial charge in [0.2, 0.25) is 0 Å². The summed E-state index contributed by atoms with van der Waals surface area (Å²) in [5.74, 6) is 0. The van der Waals surface area contributed by atoms with E-state index in [4.69, 9.17) is 4.74 Å². The lowest BCUT2D eigenvalue weighted by Gasteiger charge is -2.05. The fourth-order valence-electron chi connectivity index (χ4n) is 1.68. The monoisotopic (exact) mass is 176 g/mol. The minimum atomic E-state index is 0.556. The highest BCUT2D eigenvalue weighted by atomic mass is 16.6. The minimum absolute atomic E-state index is 0.556. The molecule has 1 atom stereocenters. The maximum Gasteiger partial charge on any atom is 0.0813 e. The lowest BCUT2D eigenvalue weighted by molar-refractivity contribution is 0.396. The topological polar surface area (TPSA) is 12.5 Å². The third kappa shape index (κ3) is 2.31. The second-order valence-corrected chi connectivity index (χ2v) is 3.92. The molecule has 1 heteroatoms. The number of hydrogen-bond donors (Lipinski definition) is 0. The predicted octanol–water partition coefficient (Wildman–Crippen LogP) is 2.63. The van der Waals surface area contributed by atoms with Gasteiger partial charge >= 0.3 is 0 Å². The van der Waals surface area contributed by atoms with Crippen LogP contribution in [0.1, 0.15) is 23.1 Å². The summed E-state index contributed by atoms with van der Waals surface area (Å²) in [6, 6.07) is 6.69. The molecule has 1 fully saturated rings. The molecule has 0 spiro atoms. The molecule has 1 heterocycles. The first-order valence-electron chi connectivity index (χ1n) is 4.93. The van der Waals surface area contributed by atoms with Gasteiger partial charge in [0.25, 0.3) is 0 Å². The first kappa shape index (κ1) is 8.76. The highest BCUT2D eigenvalue weighted by molar-refractivity contribution is 5.30. The van der Waals surface area contributed by atoms with E-state index in [2.05, 4.69) is 32.0 Å². The SMILES string of the molecule is Cc1ccc(CCC2CO2)c(C)c1. The van der Waals surface area contributed by atoms with Crippen molar-refractivity contribution in [2.24, 2.45) is 0 Å². The summed E-state index contributed by atoms with van der Waals surface area (Å²) in [5.41, 5.74) is 4.24. The van der Waals surface area contributed by atoms with Crippen LogP contribution in [0, 0.1) is 13.8 Å². The second kappa shape index (κ2) is 3.51. The van der Waals surface area contributed by atoms with Gasteiger partial charge < -0.3 is 4.74 Å². The van der Waals surface area contributed by atoms with Gasteiger partial charge in [-0.15, -0.1) is 0 Å². The van der Waals surface area contributed by atoms with E-state index >= 15 is 0 Å². The van der Waals surface area contributed by atoms with Crippen molar-refractivity contribution in [3.8, 4) is 0 Å². The molecule has 2 rings (SSSR count). The summed E-state index contributed by atoms with van der Waals surface area (Å²) in [7, 11) is 0. The number of ether oxygens (including phenoxy) is 1. The molecule has 0 amide bonds. The predicted molar refractivity (Wildman–Crippen MR) is 54.0 cm³/mol. The summed E-state index contributed by atoms with van der Waals surface area (Å²) in [6.45, 7) is 5.31. The number of rotatable bonds is 3. The summed E-state index contributed by atoms with van der Waals surface area (Å²) in [6.07, 6.45) is 2.90. The molecule has 1 nitrogen and oxygen atoms in total. The van der Waals surface area contributed by atoms with Crippen LogP contribution in [0.15, 0.2) is 18.2 Å². The highest BCUT2D eigenvalue weighted by Gasteiger charge is 2.21. The molecule has 0 saturated carbocycles. The quantitative estimate of drug-likeness (QED) is 0.645. The average molecular weight is 176 g/mol. The summed E-state index contributed by atoms with van der Waals surface area (Å²) in [5, 5.41) is 0. The van der Waals surface area contributed by atoms with Crippen LogP contribution in [-0.2, 0) is 11.2 Å². The molecular formula is C12H16O. The van der Waals surface area contributed by atoms with E-state index in [1.165, 1.54) is 23.1 Å². The average Bonchev–Trinajstić information content (AvgIpc) is 2.86. The van der Waals surface area contributed by atoms with Crippen LogP contribution in [0.5, 0.6) is 0 Å². The zero-order valence-corrected chi connectivity index (χ0v) is 8.34. The number of aryl methyl sites for hydroxylation is 3. The molecule has 1 aliphatic heterocycles. The molecule has 13 heavy (non-hydrogen) atoms. The normalized spacial score (nSPS) is 20.3. The van der Waals surface area contributed by atoms with Crippen molar-refractivity contribution in [2.75, 3.05) is 6.61 Å². The first-order chi connectivity index (χ1) is 6.25. The van der Waals surface area contributed by atoms with Crippen LogP contribution in [0.4, 0.5) is 0 Å². The standard InChI is InChI=1S/C12H16O/c1-9-3-4-11(10(2)7-9)5-6-12-8-13-12/h3-4,7,12H,5-6,8H2,1-2H3. The van der Waals surface area contributed by atoms with Crippen LogP contribution in [0.25, 0.3) is 0 Å². The van der Waals surface area contributed by atoms with E-state index in [-0.39, 0.29) is 0 Å². The van der Waals surface area contributed by atoms with Crippen LogP contribution in [0.3, 0.4) is 0 Å². The van der Waals surface area contributed by atoms with Crippen LogP contribution >= 0.6 is 0 Å². The Bertz CT molecular complexity index is 300. The molecule has 0 aliphatic carbocycles. The Balaban J connectivity index is 2.01. The summed E-state index contributed by atoms with van der Waals surface area (Å²) >= 11 is 0. The van der Waals surface area contributed by atoms with Crippen molar-refractivity contribution < 1.29 is 4.74 Å². The number of hydrogen-bond acceptors (Lipinski definition) is 1. The third-order valence-electron chi connectivity index (χ3n) is 2.64. The Morgan fingerprint density at radius 2 is 2.15 bits per heavy atom. The Labute approximate surface area is 79.7 Å². The van der Waals surface area contributed by atoms with E-state index < -0.39 is 0 Å². The van der Waals surface area contributed by atoms with E-state index in [1.807, 2.05) is 0 Å². The molecule has 70 valence electrons. The number of epoxide rings is 1. The Morgan fingerprint density at radius 3 is 2.77 bits per heavy atom. The zero-order valence-electron chi connectivity index (χ0n) is 8.34. The first-order valence-corrected chi connectivity index (χ1v) is 4.93. The maximum absolute atomic E-state index is 5.19. The fourth-order valence-corrected chi connectivity index (χ4v) is 1.68. The van der Waals surface area contributed by atoms with E-state index in [9.17, 15) is 0 Å². The van der Waals surface area contributed by atoms with Gasteiger partial charge in [0.05, 0.1) is 12.7 Å². The van der Waals surface area contributed by atoms with Crippen molar-refractivity contribution in [1.82, 2.24) is 0 Å². The molecule has 1 aromatic carbocycles. The van der Waals surface area contributed by atoms with Crippen molar-refractivity contribution in [1.29, 1.82) is 0 Å². The summed E-state index contributed by atoms with van der Waals surface area (Å²) in [4.78, 5) is 0.